The van der Waals surface area contributed by atoms with Gasteiger partial charge < -0.3 is 5.32 Å². The third-order valence-electron chi connectivity index (χ3n) is 2.60. The number of anilines is 1. The first-order chi connectivity index (χ1) is 9.61. The highest BCUT2D eigenvalue weighted by molar-refractivity contribution is 9.10. The molecule has 0 saturated carbocycles. The van der Waals surface area contributed by atoms with Crippen LogP contribution in [0, 0.1) is 0 Å². The summed E-state index contributed by atoms with van der Waals surface area (Å²) in [4.78, 5) is 13.2. The number of nitrogens with zero attached hydrogens (tertiary/aromatic N) is 2. The van der Waals surface area contributed by atoms with Gasteiger partial charge in [-0.3, -0.25) is 4.79 Å². The lowest BCUT2D eigenvalue weighted by atomic mass is 10.3. The first kappa shape index (κ1) is 15.3. The van der Waals surface area contributed by atoms with Crippen LogP contribution in [0.5, 0.6) is 0 Å². The minimum Gasteiger partial charge on any atom is -0.382 e. The lowest BCUT2D eigenvalue weighted by Gasteiger charge is -2.09. The van der Waals surface area contributed by atoms with Gasteiger partial charge in [0.05, 0.1) is 22.8 Å². The Bertz CT molecular complexity index is 668. The lowest BCUT2D eigenvalue weighted by molar-refractivity contribution is 0.649. The van der Waals surface area contributed by atoms with Gasteiger partial charge in [0.25, 0.3) is 5.56 Å². The summed E-state index contributed by atoms with van der Waals surface area (Å²) in [6.07, 6.45) is 4.12. The maximum atomic E-state index is 12.0. The number of hydrogen-bond donors (Lipinski definition) is 1. The molecule has 0 amide bonds. The molecule has 0 spiro atoms. The predicted molar refractivity (Wildman–Crippen MR) is 87.9 cm³/mol. The van der Waals surface area contributed by atoms with E-state index >= 15 is 0 Å². The normalized spacial score (nSPS) is 10.5. The third kappa shape index (κ3) is 3.71. The van der Waals surface area contributed by atoms with E-state index in [0.717, 1.165) is 10.8 Å². The first-order valence-electron chi connectivity index (χ1n) is 5.96. The van der Waals surface area contributed by atoms with E-state index < -0.39 is 0 Å². The van der Waals surface area contributed by atoms with Crippen LogP contribution in [-0.4, -0.2) is 16.3 Å². The van der Waals surface area contributed by atoms with Crippen molar-refractivity contribution < 1.29 is 0 Å². The first-order valence-corrected chi connectivity index (χ1v) is 7.95. The Labute approximate surface area is 134 Å². The molecule has 106 valence electrons. The second-order valence-corrected chi connectivity index (χ2v) is 6.62. The molecule has 0 aliphatic carbocycles. The molecule has 2 heterocycles. The Morgan fingerprint density at radius 2 is 2.35 bits per heavy atom. The molecular formula is C13H13BrClN3OS. The summed E-state index contributed by atoms with van der Waals surface area (Å²) in [6.45, 7) is 4.70. The fourth-order valence-corrected chi connectivity index (χ4v) is 3.18. The Morgan fingerprint density at radius 3 is 3.00 bits per heavy atom. The topological polar surface area (TPSA) is 46.9 Å². The number of aromatic nitrogens is 2. The number of nitrogens with one attached hydrogen (secondary N) is 1. The molecule has 0 unspecified atom stereocenters. The summed E-state index contributed by atoms with van der Waals surface area (Å²) in [5.74, 6) is 0. The molecular weight excluding hydrogens is 362 g/mol. The SMILES string of the molecule is C=CCn1ncc(NCCc2ccc(Cl)s2)c(Br)c1=O. The largest absolute Gasteiger partial charge is 0.382 e. The van der Waals surface area contributed by atoms with E-state index in [1.807, 2.05) is 12.1 Å². The minimum absolute atomic E-state index is 0.172. The minimum atomic E-state index is -0.172. The molecule has 2 aromatic heterocycles. The zero-order chi connectivity index (χ0) is 14.5. The Morgan fingerprint density at radius 1 is 1.55 bits per heavy atom. The van der Waals surface area contributed by atoms with Crippen LogP contribution in [0.15, 0.2) is 40.3 Å². The molecule has 0 fully saturated rings. The van der Waals surface area contributed by atoms with Gasteiger partial charge in [-0.2, -0.15) is 5.10 Å². The summed E-state index contributed by atoms with van der Waals surface area (Å²) in [7, 11) is 0. The van der Waals surface area contributed by atoms with Crippen molar-refractivity contribution in [2.45, 2.75) is 13.0 Å². The summed E-state index contributed by atoms with van der Waals surface area (Å²) < 4.78 is 2.62. The van der Waals surface area contributed by atoms with E-state index in [9.17, 15) is 4.79 Å². The van der Waals surface area contributed by atoms with Crippen molar-refractivity contribution in [2.24, 2.45) is 0 Å². The maximum absolute atomic E-state index is 12.0. The molecule has 2 rings (SSSR count). The van der Waals surface area contributed by atoms with E-state index in [2.05, 4.69) is 32.9 Å². The molecule has 0 saturated heterocycles. The van der Waals surface area contributed by atoms with Crippen LogP contribution in [0.4, 0.5) is 5.69 Å². The second kappa shape index (κ2) is 7.06. The van der Waals surface area contributed by atoms with Crippen LogP contribution in [-0.2, 0) is 13.0 Å². The van der Waals surface area contributed by atoms with Crippen LogP contribution in [0.2, 0.25) is 4.34 Å². The molecule has 0 atom stereocenters. The van der Waals surface area contributed by atoms with Gasteiger partial charge >= 0.3 is 0 Å². The van der Waals surface area contributed by atoms with Crippen molar-refractivity contribution in [3.05, 3.63) is 55.0 Å². The third-order valence-corrected chi connectivity index (χ3v) is 4.66. The van der Waals surface area contributed by atoms with Crippen molar-refractivity contribution in [1.82, 2.24) is 9.78 Å². The Hall–Kier alpha value is -1.11. The van der Waals surface area contributed by atoms with Gasteiger partial charge in [0.2, 0.25) is 0 Å². The molecule has 1 N–H and O–H groups in total. The van der Waals surface area contributed by atoms with E-state index in [1.165, 1.54) is 9.56 Å². The van der Waals surface area contributed by atoms with Crippen LogP contribution >= 0.6 is 38.9 Å². The molecule has 2 aromatic rings. The number of halogens is 2. The summed E-state index contributed by atoms with van der Waals surface area (Å²) >= 11 is 10.7. The highest BCUT2D eigenvalue weighted by Gasteiger charge is 2.07. The van der Waals surface area contributed by atoms with Crippen molar-refractivity contribution in [1.29, 1.82) is 0 Å². The average Bonchev–Trinajstić information content (AvgIpc) is 2.84. The molecule has 7 heteroatoms. The monoisotopic (exact) mass is 373 g/mol. The van der Waals surface area contributed by atoms with Crippen molar-refractivity contribution in [3.63, 3.8) is 0 Å². The molecule has 0 aliphatic heterocycles. The Balaban J connectivity index is 2.01. The highest BCUT2D eigenvalue weighted by Crippen LogP contribution is 2.22. The molecule has 0 aromatic carbocycles. The van der Waals surface area contributed by atoms with Crippen LogP contribution < -0.4 is 10.9 Å². The van der Waals surface area contributed by atoms with Crippen molar-refractivity contribution >= 4 is 44.6 Å². The fraction of sp³-hybridized carbons (Fsp3) is 0.231. The molecule has 4 nitrogen and oxygen atoms in total. The van der Waals surface area contributed by atoms with Crippen LogP contribution in [0.25, 0.3) is 0 Å². The van der Waals surface area contributed by atoms with E-state index in [4.69, 9.17) is 11.6 Å². The van der Waals surface area contributed by atoms with Gasteiger partial charge in [0.1, 0.15) is 4.47 Å². The summed E-state index contributed by atoms with van der Waals surface area (Å²) in [5.41, 5.74) is 0.520. The van der Waals surface area contributed by atoms with Gasteiger partial charge in [0.15, 0.2) is 0 Å². The van der Waals surface area contributed by atoms with Crippen molar-refractivity contribution in [3.8, 4) is 0 Å². The van der Waals surface area contributed by atoms with Crippen molar-refractivity contribution in [2.75, 3.05) is 11.9 Å². The quantitative estimate of drug-likeness (QED) is 0.786. The average molecular weight is 375 g/mol. The van der Waals surface area contributed by atoms with E-state index in [1.54, 1.807) is 23.6 Å². The van der Waals surface area contributed by atoms with Gasteiger partial charge in [0, 0.05) is 11.4 Å². The molecule has 0 radical (unpaired) electrons. The fourth-order valence-electron chi connectivity index (χ4n) is 1.65. The molecule has 20 heavy (non-hydrogen) atoms. The summed E-state index contributed by atoms with van der Waals surface area (Å²) in [6, 6.07) is 3.89. The summed E-state index contributed by atoms with van der Waals surface area (Å²) in [5, 5.41) is 7.28. The van der Waals surface area contributed by atoms with Gasteiger partial charge in [-0.15, -0.1) is 17.9 Å². The van der Waals surface area contributed by atoms with Gasteiger partial charge in [-0.25, -0.2) is 4.68 Å². The number of thiophene rings is 1. The van der Waals surface area contributed by atoms with Gasteiger partial charge in [-0.1, -0.05) is 17.7 Å². The molecule has 0 bridgehead atoms. The Kier molecular flexibility index (Phi) is 5.39. The lowest BCUT2D eigenvalue weighted by Crippen LogP contribution is -2.24. The number of rotatable bonds is 6. The molecule has 0 aliphatic rings. The van der Waals surface area contributed by atoms with E-state index in [0.29, 0.717) is 23.2 Å². The predicted octanol–water partition coefficient (Wildman–Crippen LogP) is 3.56. The van der Waals surface area contributed by atoms with Crippen LogP contribution in [0.1, 0.15) is 4.88 Å². The highest BCUT2D eigenvalue weighted by atomic mass is 79.9. The zero-order valence-electron chi connectivity index (χ0n) is 10.6. The standard InChI is InChI=1S/C13H13BrClN3OS/c1-2-7-18-13(19)12(14)10(8-17-18)16-6-5-9-3-4-11(15)20-9/h2-4,8,16H,1,5-7H2. The van der Waals surface area contributed by atoms with E-state index in [-0.39, 0.29) is 5.56 Å². The maximum Gasteiger partial charge on any atom is 0.283 e. The number of hydrogen-bond acceptors (Lipinski definition) is 4. The second-order valence-electron chi connectivity index (χ2n) is 4.03. The zero-order valence-corrected chi connectivity index (χ0v) is 13.8. The van der Waals surface area contributed by atoms with Crippen LogP contribution in [0.3, 0.4) is 0 Å². The van der Waals surface area contributed by atoms with Gasteiger partial charge in [-0.05, 0) is 34.5 Å². The number of allylic oxidation sites excluding steroid dienone is 1. The smallest absolute Gasteiger partial charge is 0.283 e.